The van der Waals surface area contributed by atoms with E-state index in [0.29, 0.717) is 28.3 Å². The molecule has 0 aromatic heterocycles. The molecule has 1 aliphatic rings. The molecule has 0 bridgehead atoms. The van der Waals surface area contributed by atoms with E-state index in [2.05, 4.69) is 0 Å². The minimum absolute atomic E-state index is 0.00603. The zero-order chi connectivity index (χ0) is 26.9. The highest BCUT2D eigenvalue weighted by Crippen LogP contribution is 2.43. The van der Waals surface area contributed by atoms with Gasteiger partial charge < -0.3 is 24.4 Å². The molecule has 192 valence electrons. The molecule has 0 aliphatic carbocycles. The van der Waals surface area contributed by atoms with Crippen LogP contribution in [0.4, 0.5) is 17.1 Å². The number of carbonyl (C=O) groups is 2. The van der Waals surface area contributed by atoms with Crippen molar-refractivity contribution in [1.82, 2.24) is 0 Å². The van der Waals surface area contributed by atoms with E-state index < -0.39 is 17.7 Å². The lowest BCUT2D eigenvalue weighted by molar-refractivity contribution is -0.132. The number of ether oxygens (including phenoxy) is 2. The third-order valence-corrected chi connectivity index (χ3v) is 6.47. The van der Waals surface area contributed by atoms with Crippen LogP contribution in [-0.4, -0.2) is 59.2 Å². The Balaban J connectivity index is 1.91. The number of nitrogens with zero attached hydrogens (tertiary/aromatic N) is 3. The number of hydrogen-bond donors (Lipinski definition) is 1. The smallest absolute Gasteiger partial charge is 0.300 e. The van der Waals surface area contributed by atoms with E-state index in [1.807, 2.05) is 74.4 Å². The molecule has 1 atom stereocenters. The van der Waals surface area contributed by atoms with Crippen LogP contribution in [0.1, 0.15) is 17.2 Å². The number of amides is 1. The molecule has 0 saturated carbocycles. The first-order valence-electron chi connectivity index (χ1n) is 11.8. The summed E-state index contributed by atoms with van der Waals surface area (Å²) in [4.78, 5) is 32.2. The molecule has 1 amide bonds. The van der Waals surface area contributed by atoms with E-state index >= 15 is 0 Å². The molecule has 4 rings (SSSR count). The number of hydrogen-bond acceptors (Lipinski definition) is 7. The number of benzene rings is 3. The first-order valence-corrected chi connectivity index (χ1v) is 11.8. The number of rotatable bonds is 7. The van der Waals surface area contributed by atoms with E-state index in [1.165, 1.54) is 19.1 Å². The van der Waals surface area contributed by atoms with Gasteiger partial charge in [-0.05, 0) is 60.2 Å². The van der Waals surface area contributed by atoms with Crippen molar-refractivity contribution in [3.05, 3.63) is 83.4 Å². The van der Waals surface area contributed by atoms with Crippen LogP contribution in [0.3, 0.4) is 0 Å². The number of methoxy groups -OCH3 is 2. The van der Waals surface area contributed by atoms with Crippen LogP contribution in [0.5, 0.6) is 11.5 Å². The molecule has 0 spiro atoms. The highest BCUT2D eigenvalue weighted by Gasteiger charge is 2.47. The summed E-state index contributed by atoms with van der Waals surface area (Å²) >= 11 is 0. The predicted molar refractivity (Wildman–Crippen MR) is 146 cm³/mol. The summed E-state index contributed by atoms with van der Waals surface area (Å²) in [5.41, 5.74) is 3.53. The molecule has 3 aromatic rings. The van der Waals surface area contributed by atoms with Gasteiger partial charge in [-0.3, -0.25) is 14.5 Å². The Labute approximate surface area is 216 Å². The fourth-order valence-corrected chi connectivity index (χ4v) is 4.42. The van der Waals surface area contributed by atoms with Crippen molar-refractivity contribution in [2.75, 3.05) is 57.1 Å². The van der Waals surface area contributed by atoms with Gasteiger partial charge in [0, 0.05) is 50.8 Å². The van der Waals surface area contributed by atoms with Gasteiger partial charge in [0.2, 0.25) is 0 Å². The zero-order valence-electron chi connectivity index (χ0n) is 21.9. The first-order chi connectivity index (χ1) is 17.7. The van der Waals surface area contributed by atoms with E-state index in [-0.39, 0.29) is 11.3 Å². The van der Waals surface area contributed by atoms with Crippen LogP contribution in [0.2, 0.25) is 0 Å². The van der Waals surface area contributed by atoms with Gasteiger partial charge in [0.05, 0.1) is 25.8 Å². The van der Waals surface area contributed by atoms with Gasteiger partial charge in [-0.1, -0.05) is 12.1 Å². The van der Waals surface area contributed by atoms with Gasteiger partial charge in [-0.2, -0.15) is 0 Å². The molecule has 1 aliphatic heterocycles. The standard InChI is InChI=1S/C29H31N3O5/c1-30(2)20-10-7-18(8-11-20)26-25(27(33)19-9-16-23(36-5)24(17-19)37-6)28(34)29(35)32(26)22-14-12-21(13-15-22)31(3)4/h7-17,26,33H,1-6H3/b27-25-. The number of Topliss-reactive ketones (excluding diaryl/α,β-unsaturated/α-hetero) is 1. The minimum Gasteiger partial charge on any atom is -0.507 e. The molecule has 3 aromatic carbocycles. The Morgan fingerprint density at radius 1 is 0.784 bits per heavy atom. The highest BCUT2D eigenvalue weighted by atomic mass is 16.5. The van der Waals surface area contributed by atoms with Crippen LogP contribution in [-0.2, 0) is 9.59 Å². The molecule has 1 fully saturated rings. The van der Waals surface area contributed by atoms with Crippen molar-refractivity contribution in [1.29, 1.82) is 0 Å². The van der Waals surface area contributed by atoms with Crippen molar-refractivity contribution >= 4 is 34.5 Å². The van der Waals surface area contributed by atoms with E-state index in [1.54, 1.807) is 30.3 Å². The van der Waals surface area contributed by atoms with Gasteiger partial charge in [0.1, 0.15) is 5.76 Å². The maximum atomic E-state index is 13.4. The highest BCUT2D eigenvalue weighted by molar-refractivity contribution is 6.51. The predicted octanol–water partition coefficient (Wildman–Crippen LogP) is 4.46. The summed E-state index contributed by atoms with van der Waals surface area (Å²) < 4.78 is 10.7. The molecule has 1 heterocycles. The largest absolute Gasteiger partial charge is 0.507 e. The Morgan fingerprint density at radius 3 is 1.84 bits per heavy atom. The number of ketones is 1. The average Bonchev–Trinajstić information content (AvgIpc) is 3.17. The molecule has 8 heteroatoms. The molecule has 8 nitrogen and oxygen atoms in total. The molecular weight excluding hydrogens is 470 g/mol. The second-order valence-corrected chi connectivity index (χ2v) is 9.14. The summed E-state index contributed by atoms with van der Waals surface area (Å²) in [5.74, 6) is -0.872. The van der Waals surface area contributed by atoms with Gasteiger partial charge in [0.25, 0.3) is 11.7 Å². The van der Waals surface area contributed by atoms with Crippen LogP contribution in [0, 0.1) is 0 Å². The SMILES string of the molecule is COc1ccc(/C(O)=C2/C(=O)C(=O)N(c3ccc(N(C)C)cc3)C2c2ccc(N(C)C)cc2)cc1OC. The normalized spacial score (nSPS) is 16.6. The van der Waals surface area contributed by atoms with Gasteiger partial charge in [0.15, 0.2) is 11.5 Å². The molecule has 1 saturated heterocycles. The van der Waals surface area contributed by atoms with Crippen molar-refractivity contribution < 1.29 is 24.2 Å². The lowest BCUT2D eigenvalue weighted by Gasteiger charge is -2.26. The van der Waals surface area contributed by atoms with Crippen LogP contribution in [0.25, 0.3) is 5.76 Å². The van der Waals surface area contributed by atoms with Crippen molar-refractivity contribution in [2.45, 2.75) is 6.04 Å². The Morgan fingerprint density at radius 2 is 1.32 bits per heavy atom. The van der Waals surface area contributed by atoms with Crippen LogP contribution >= 0.6 is 0 Å². The van der Waals surface area contributed by atoms with E-state index in [9.17, 15) is 14.7 Å². The molecular formula is C29H31N3O5. The van der Waals surface area contributed by atoms with Gasteiger partial charge in [-0.15, -0.1) is 0 Å². The number of aliphatic hydroxyl groups excluding tert-OH is 1. The second-order valence-electron chi connectivity index (χ2n) is 9.14. The van der Waals surface area contributed by atoms with Crippen molar-refractivity contribution in [3.63, 3.8) is 0 Å². The third kappa shape index (κ3) is 4.70. The maximum absolute atomic E-state index is 13.4. The topological polar surface area (TPSA) is 82.5 Å². The summed E-state index contributed by atoms with van der Waals surface area (Å²) in [6, 6.07) is 19.0. The molecule has 37 heavy (non-hydrogen) atoms. The third-order valence-electron chi connectivity index (χ3n) is 6.47. The summed E-state index contributed by atoms with van der Waals surface area (Å²) in [5, 5.41) is 11.4. The van der Waals surface area contributed by atoms with E-state index in [4.69, 9.17) is 9.47 Å². The number of carbonyl (C=O) groups excluding carboxylic acids is 2. The Hall–Kier alpha value is -4.46. The fraction of sp³-hybridized carbons (Fsp3) is 0.241. The minimum atomic E-state index is -0.825. The molecule has 1 N–H and O–H groups in total. The quantitative estimate of drug-likeness (QED) is 0.291. The Bertz CT molecular complexity index is 1340. The summed E-state index contributed by atoms with van der Waals surface area (Å²) in [6.45, 7) is 0. The molecule has 1 unspecified atom stereocenters. The average molecular weight is 502 g/mol. The zero-order valence-corrected chi connectivity index (χ0v) is 21.9. The van der Waals surface area contributed by atoms with Crippen molar-refractivity contribution in [2.24, 2.45) is 0 Å². The maximum Gasteiger partial charge on any atom is 0.300 e. The lowest BCUT2D eigenvalue weighted by atomic mass is 9.94. The molecule has 0 radical (unpaired) electrons. The Kier molecular flexibility index (Phi) is 7.11. The van der Waals surface area contributed by atoms with Gasteiger partial charge >= 0.3 is 0 Å². The van der Waals surface area contributed by atoms with Crippen LogP contribution < -0.4 is 24.2 Å². The lowest BCUT2D eigenvalue weighted by Crippen LogP contribution is -2.29. The second kappa shape index (κ2) is 10.3. The van der Waals surface area contributed by atoms with E-state index in [0.717, 1.165) is 11.4 Å². The fourth-order valence-electron chi connectivity index (χ4n) is 4.42. The monoisotopic (exact) mass is 501 g/mol. The number of anilines is 3. The number of aliphatic hydroxyl groups is 1. The van der Waals surface area contributed by atoms with Gasteiger partial charge in [-0.25, -0.2) is 0 Å². The first kappa shape index (κ1) is 25.6. The van der Waals surface area contributed by atoms with Crippen molar-refractivity contribution in [3.8, 4) is 11.5 Å². The summed E-state index contributed by atoms with van der Waals surface area (Å²) in [7, 11) is 10.7. The van der Waals surface area contributed by atoms with Crippen LogP contribution in [0.15, 0.2) is 72.3 Å². The summed E-state index contributed by atoms with van der Waals surface area (Å²) in [6.07, 6.45) is 0.